The first-order valence-electron chi connectivity index (χ1n) is 8.21. The van der Waals surface area contributed by atoms with Crippen LogP contribution in [0.2, 0.25) is 0 Å². The van der Waals surface area contributed by atoms with Gasteiger partial charge in [0.2, 0.25) is 11.8 Å². The Kier molecular flexibility index (Phi) is 6.45. The molecule has 2 saturated heterocycles. The molecule has 2 heterocycles. The molecule has 0 bridgehead atoms. The second-order valence-electron chi connectivity index (χ2n) is 5.91. The molecular weight excluding hydrogens is 330 g/mol. The van der Waals surface area contributed by atoms with Crippen molar-refractivity contribution >= 4 is 29.9 Å². The van der Waals surface area contributed by atoms with E-state index in [4.69, 9.17) is 4.74 Å². The van der Waals surface area contributed by atoms with Gasteiger partial charge in [0.05, 0.1) is 12.5 Å². The summed E-state index contributed by atoms with van der Waals surface area (Å²) in [4.78, 5) is 28.4. The van der Waals surface area contributed by atoms with Gasteiger partial charge in [0.25, 0.3) is 0 Å². The van der Waals surface area contributed by atoms with E-state index in [9.17, 15) is 9.59 Å². The van der Waals surface area contributed by atoms with Crippen molar-refractivity contribution < 1.29 is 14.3 Å². The zero-order valence-electron chi connectivity index (χ0n) is 13.9. The van der Waals surface area contributed by atoms with Gasteiger partial charge in [0, 0.05) is 44.8 Å². The van der Waals surface area contributed by atoms with Crippen LogP contribution in [0.5, 0.6) is 5.75 Å². The Labute approximate surface area is 148 Å². The van der Waals surface area contributed by atoms with Crippen LogP contribution in [0.25, 0.3) is 0 Å². The topological polar surface area (TPSA) is 61.9 Å². The van der Waals surface area contributed by atoms with Gasteiger partial charge in [-0.05, 0) is 31.2 Å². The van der Waals surface area contributed by atoms with Gasteiger partial charge < -0.3 is 19.9 Å². The number of carbonyl (C=O) groups is 2. The average molecular weight is 354 g/mol. The smallest absolute Gasteiger partial charge is 0.228 e. The van der Waals surface area contributed by atoms with Crippen LogP contribution < -0.4 is 15.0 Å². The molecule has 2 amide bonds. The molecule has 3 rings (SSSR count). The van der Waals surface area contributed by atoms with Crippen molar-refractivity contribution in [1.82, 2.24) is 10.2 Å². The summed E-state index contributed by atoms with van der Waals surface area (Å²) < 4.78 is 5.42. The Morgan fingerprint density at radius 3 is 2.54 bits per heavy atom. The van der Waals surface area contributed by atoms with E-state index in [-0.39, 0.29) is 30.1 Å². The summed E-state index contributed by atoms with van der Waals surface area (Å²) in [6, 6.07) is 7.47. The molecule has 24 heavy (non-hydrogen) atoms. The standard InChI is InChI=1S/C17H23N3O3.ClH/c1-2-23-15-5-3-14(4-6-15)20-12-13(11-16(20)21)17(22)19-9-7-18-8-10-19;/h3-6,13,18H,2,7-12H2,1H3;1H. The van der Waals surface area contributed by atoms with Gasteiger partial charge in [-0.1, -0.05) is 0 Å². The molecule has 1 aromatic rings. The molecule has 6 nitrogen and oxygen atoms in total. The first-order valence-corrected chi connectivity index (χ1v) is 8.21. The highest BCUT2D eigenvalue weighted by atomic mass is 35.5. The van der Waals surface area contributed by atoms with Gasteiger partial charge in [-0.15, -0.1) is 12.4 Å². The Balaban J connectivity index is 0.00000208. The SMILES string of the molecule is CCOc1ccc(N2CC(C(=O)N3CCNCC3)CC2=O)cc1.Cl. The molecule has 7 heteroatoms. The molecular formula is C17H24ClN3O3. The maximum absolute atomic E-state index is 12.6. The van der Waals surface area contributed by atoms with E-state index in [0.717, 1.165) is 37.6 Å². The van der Waals surface area contributed by atoms with Crippen molar-refractivity contribution in [2.75, 3.05) is 44.2 Å². The second-order valence-corrected chi connectivity index (χ2v) is 5.91. The maximum Gasteiger partial charge on any atom is 0.228 e. The summed E-state index contributed by atoms with van der Waals surface area (Å²) in [5, 5.41) is 3.24. The number of halogens is 1. The lowest BCUT2D eigenvalue weighted by atomic mass is 10.1. The van der Waals surface area contributed by atoms with Crippen molar-refractivity contribution in [1.29, 1.82) is 0 Å². The van der Waals surface area contributed by atoms with Crippen molar-refractivity contribution in [3.8, 4) is 5.75 Å². The molecule has 1 atom stereocenters. The molecule has 1 unspecified atom stereocenters. The molecule has 2 fully saturated rings. The summed E-state index contributed by atoms with van der Waals surface area (Å²) >= 11 is 0. The lowest BCUT2D eigenvalue weighted by molar-refractivity contribution is -0.136. The lowest BCUT2D eigenvalue weighted by Crippen LogP contribution is -2.48. The molecule has 0 aromatic heterocycles. The lowest BCUT2D eigenvalue weighted by Gasteiger charge is -2.29. The average Bonchev–Trinajstić information content (AvgIpc) is 2.98. The molecule has 2 aliphatic rings. The van der Waals surface area contributed by atoms with E-state index in [1.54, 1.807) is 4.90 Å². The van der Waals surface area contributed by atoms with Crippen LogP contribution in [-0.4, -0.2) is 56.0 Å². The monoisotopic (exact) mass is 353 g/mol. The number of ether oxygens (including phenoxy) is 1. The van der Waals surface area contributed by atoms with Crippen molar-refractivity contribution in [2.45, 2.75) is 13.3 Å². The van der Waals surface area contributed by atoms with Crippen LogP contribution in [0.15, 0.2) is 24.3 Å². The minimum atomic E-state index is -0.229. The molecule has 0 aliphatic carbocycles. The van der Waals surface area contributed by atoms with Crippen LogP contribution >= 0.6 is 12.4 Å². The predicted octanol–water partition coefficient (Wildman–Crippen LogP) is 1.29. The molecule has 0 radical (unpaired) electrons. The Hall–Kier alpha value is -1.79. The van der Waals surface area contributed by atoms with E-state index in [2.05, 4.69) is 5.32 Å². The maximum atomic E-state index is 12.6. The number of carbonyl (C=O) groups excluding carboxylic acids is 2. The molecule has 132 valence electrons. The fourth-order valence-electron chi connectivity index (χ4n) is 3.15. The van der Waals surface area contributed by atoms with Gasteiger partial charge in [0.15, 0.2) is 0 Å². The quantitative estimate of drug-likeness (QED) is 0.886. The van der Waals surface area contributed by atoms with Gasteiger partial charge in [0.1, 0.15) is 5.75 Å². The normalized spacial score (nSPS) is 20.7. The van der Waals surface area contributed by atoms with Crippen LogP contribution in [0.1, 0.15) is 13.3 Å². The van der Waals surface area contributed by atoms with Crippen molar-refractivity contribution in [3.05, 3.63) is 24.3 Å². The fourth-order valence-corrected chi connectivity index (χ4v) is 3.15. The number of benzene rings is 1. The number of nitrogens with one attached hydrogen (secondary N) is 1. The summed E-state index contributed by atoms with van der Waals surface area (Å²) in [5.41, 5.74) is 0.828. The third-order valence-electron chi connectivity index (χ3n) is 4.36. The zero-order chi connectivity index (χ0) is 16.2. The highest BCUT2D eigenvalue weighted by Crippen LogP contribution is 2.28. The van der Waals surface area contributed by atoms with Gasteiger partial charge in [-0.25, -0.2) is 0 Å². The Morgan fingerprint density at radius 2 is 1.92 bits per heavy atom. The van der Waals surface area contributed by atoms with Gasteiger partial charge in [-0.3, -0.25) is 9.59 Å². The fraction of sp³-hybridized carbons (Fsp3) is 0.529. The minimum absolute atomic E-state index is 0. The predicted molar refractivity (Wildman–Crippen MR) is 94.8 cm³/mol. The van der Waals surface area contributed by atoms with E-state index >= 15 is 0 Å². The summed E-state index contributed by atoms with van der Waals surface area (Å²) in [6.07, 6.45) is 0.302. The first kappa shape index (κ1) is 18.5. The van der Waals surface area contributed by atoms with E-state index < -0.39 is 0 Å². The van der Waals surface area contributed by atoms with Crippen LogP contribution in [0, 0.1) is 5.92 Å². The van der Waals surface area contributed by atoms with E-state index in [1.165, 1.54) is 0 Å². The molecule has 0 saturated carbocycles. The Bertz CT molecular complexity index is 573. The molecule has 1 N–H and O–H groups in total. The minimum Gasteiger partial charge on any atom is -0.494 e. The number of rotatable bonds is 4. The Morgan fingerprint density at radius 1 is 1.25 bits per heavy atom. The van der Waals surface area contributed by atoms with E-state index in [1.807, 2.05) is 36.1 Å². The summed E-state index contributed by atoms with van der Waals surface area (Å²) in [6.45, 7) is 6.13. The van der Waals surface area contributed by atoms with Gasteiger partial charge >= 0.3 is 0 Å². The van der Waals surface area contributed by atoms with E-state index in [0.29, 0.717) is 19.6 Å². The molecule has 0 spiro atoms. The largest absolute Gasteiger partial charge is 0.494 e. The number of anilines is 1. The number of amides is 2. The van der Waals surface area contributed by atoms with Crippen LogP contribution in [-0.2, 0) is 9.59 Å². The third kappa shape index (κ3) is 3.99. The number of piperazine rings is 1. The first-order chi connectivity index (χ1) is 11.2. The third-order valence-corrected chi connectivity index (χ3v) is 4.36. The molecule has 1 aromatic carbocycles. The molecule has 2 aliphatic heterocycles. The van der Waals surface area contributed by atoms with Crippen molar-refractivity contribution in [2.24, 2.45) is 5.92 Å². The van der Waals surface area contributed by atoms with Crippen LogP contribution in [0.4, 0.5) is 5.69 Å². The van der Waals surface area contributed by atoms with Crippen molar-refractivity contribution in [3.63, 3.8) is 0 Å². The second kappa shape index (κ2) is 8.35. The highest BCUT2D eigenvalue weighted by Gasteiger charge is 2.37. The highest BCUT2D eigenvalue weighted by molar-refractivity contribution is 6.00. The number of nitrogens with zero attached hydrogens (tertiary/aromatic N) is 2. The zero-order valence-corrected chi connectivity index (χ0v) is 14.7. The summed E-state index contributed by atoms with van der Waals surface area (Å²) in [7, 11) is 0. The number of hydrogen-bond acceptors (Lipinski definition) is 4. The van der Waals surface area contributed by atoms with Gasteiger partial charge in [-0.2, -0.15) is 0 Å². The number of hydrogen-bond donors (Lipinski definition) is 1. The summed E-state index contributed by atoms with van der Waals surface area (Å²) in [5.74, 6) is 0.680. The van der Waals surface area contributed by atoms with Crippen LogP contribution in [0.3, 0.4) is 0 Å².